The number of hydrogen-bond donors (Lipinski definition) is 1. The van der Waals surface area contributed by atoms with E-state index in [1.54, 1.807) is 6.92 Å². The van der Waals surface area contributed by atoms with E-state index in [1.165, 1.54) is 0 Å². The molecule has 4 nitrogen and oxygen atoms in total. The van der Waals surface area contributed by atoms with Gasteiger partial charge in [-0.2, -0.15) is 5.10 Å². The van der Waals surface area contributed by atoms with Crippen LogP contribution >= 0.6 is 0 Å². The maximum absolute atomic E-state index is 12.1. The van der Waals surface area contributed by atoms with Crippen molar-refractivity contribution in [3.05, 3.63) is 59.7 Å². The van der Waals surface area contributed by atoms with Crippen molar-refractivity contribution in [3.63, 3.8) is 0 Å². The van der Waals surface area contributed by atoms with Gasteiger partial charge in [0, 0.05) is 12.6 Å². The van der Waals surface area contributed by atoms with Gasteiger partial charge >= 0.3 is 0 Å². The third-order valence-corrected chi connectivity index (χ3v) is 4.41. The number of fused-ring (bicyclic) bond motifs is 3. The van der Waals surface area contributed by atoms with Crippen molar-refractivity contribution in [2.24, 2.45) is 5.10 Å². The number of carbonyl (C=O) groups excluding carboxylic acids is 1. The number of benzene rings is 2. The second-order valence-electron chi connectivity index (χ2n) is 5.83. The Morgan fingerprint density at radius 2 is 1.86 bits per heavy atom. The minimum absolute atomic E-state index is 0.00620. The Balaban J connectivity index is 1.85. The molecule has 2 heterocycles. The van der Waals surface area contributed by atoms with E-state index in [2.05, 4.69) is 35.5 Å². The van der Waals surface area contributed by atoms with Gasteiger partial charge in [0.25, 0.3) is 0 Å². The van der Waals surface area contributed by atoms with Gasteiger partial charge in [-0.15, -0.1) is 0 Å². The summed E-state index contributed by atoms with van der Waals surface area (Å²) in [6, 6.07) is 16.3. The number of hydrazone groups is 1. The Morgan fingerprint density at radius 1 is 1.14 bits per heavy atom. The average molecular weight is 291 g/mol. The molecule has 0 spiro atoms. The minimum Gasteiger partial charge on any atom is -0.363 e. The van der Waals surface area contributed by atoms with Crippen molar-refractivity contribution >= 4 is 22.9 Å². The molecule has 0 bridgehead atoms. The number of Topliss-reactive ketones (excluding diaryl/α,β-unsaturated/α-hetero) is 1. The quantitative estimate of drug-likeness (QED) is 0.923. The third kappa shape index (κ3) is 1.77. The first kappa shape index (κ1) is 13.1. The van der Waals surface area contributed by atoms with Gasteiger partial charge in [-0.05, 0) is 30.2 Å². The summed E-state index contributed by atoms with van der Waals surface area (Å²) in [5.74, 6) is 0.0258. The van der Waals surface area contributed by atoms with Crippen LogP contribution in [0.1, 0.15) is 24.0 Å². The second-order valence-corrected chi connectivity index (χ2v) is 5.83. The van der Waals surface area contributed by atoms with Crippen LogP contribution in [0.4, 0.5) is 11.4 Å². The molecule has 2 aromatic carbocycles. The highest BCUT2D eigenvalue weighted by atomic mass is 16.1. The maximum atomic E-state index is 12.1. The van der Waals surface area contributed by atoms with Gasteiger partial charge in [-0.1, -0.05) is 36.4 Å². The van der Waals surface area contributed by atoms with E-state index in [1.807, 2.05) is 35.3 Å². The Morgan fingerprint density at radius 3 is 2.64 bits per heavy atom. The van der Waals surface area contributed by atoms with E-state index in [0.717, 1.165) is 22.5 Å². The number of rotatable bonds is 2. The molecule has 2 atom stereocenters. The molecular weight excluding hydrogens is 274 g/mol. The molecule has 4 rings (SSSR count). The van der Waals surface area contributed by atoms with Crippen LogP contribution in [-0.4, -0.2) is 17.7 Å². The fourth-order valence-corrected chi connectivity index (χ4v) is 3.37. The Bertz CT molecular complexity index is 796. The zero-order valence-corrected chi connectivity index (χ0v) is 12.6. The lowest BCUT2D eigenvalue weighted by atomic mass is 9.92. The number of ketones is 1. The van der Waals surface area contributed by atoms with Gasteiger partial charge in [0.2, 0.25) is 0 Å². The first-order chi connectivity index (χ1) is 10.7. The molecule has 1 N–H and O–H groups in total. The topological polar surface area (TPSA) is 44.7 Å². The number of para-hydroxylation sites is 2. The molecule has 0 saturated heterocycles. The lowest BCUT2D eigenvalue weighted by molar-refractivity contribution is -0.111. The van der Waals surface area contributed by atoms with Gasteiger partial charge < -0.3 is 5.32 Å². The van der Waals surface area contributed by atoms with Gasteiger partial charge in [-0.3, -0.25) is 4.79 Å². The molecule has 0 saturated carbocycles. The number of anilines is 2. The lowest BCUT2D eigenvalue weighted by Crippen LogP contribution is -2.35. The van der Waals surface area contributed by atoms with Crippen molar-refractivity contribution in [3.8, 4) is 0 Å². The molecule has 4 heteroatoms. The Labute approximate surface area is 129 Å². The highest BCUT2D eigenvalue weighted by Crippen LogP contribution is 2.44. The van der Waals surface area contributed by atoms with Crippen LogP contribution in [-0.2, 0) is 4.79 Å². The summed E-state index contributed by atoms with van der Waals surface area (Å²) in [5.41, 5.74) is 5.05. The number of aryl methyl sites for hydroxylation is 1. The summed E-state index contributed by atoms with van der Waals surface area (Å²) in [6.07, 6.45) is -0.0302. The van der Waals surface area contributed by atoms with Gasteiger partial charge in [0.05, 0.1) is 11.6 Å². The predicted molar refractivity (Wildman–Crippen MR) is 88.4 cm³/mol. The Kier molecular flexibility index (Phi) is 2.79. The summed E-state index contributed by atoms with van der Waals surface area (Å²) in [5, 5.41) is 10.1. The van der Waals surface area contributed by atoms with Crippen molar-refractivity contribution < 1.29 is 4.79 Å². The van der Waals surface area contributed by atoms with Crippen LogP contribution in [0.2, 0.25) is 0 Å². The van der Waals surface area contributed by atoms with Crippen molar-refractivity contribution in [1.82, 2.24) is 0 Å². The van der Waals surface area contributed by atoms with Crippen molar-refractivity contribution in [2.75, 3.05) is 10.3 Å². The van der Waals surface area contributed by atoms with Crippen LogP contribution in [0.25, 0.3) is 0 Å². The molecule has 110 valence electrons. The molecule has 0 aromatic heterocycles. The molecule has 0 aliphatic carbocycles. The first-order valence-corrected chi connectivity index (χ1v) is 7.46. The molecule has 2 unspecified atom stereocenters. The second kappa shape index (κ2) is 4.70. The molecule has 2 aromatic rings. The smallest absolute Gasteiger partial charge is 0.176 e. The number of nitrogens with one attached hydrogen (secondary N) is 1. The fourth-order valence-electron chi connectivity index (χ4n) is 3.37. The summed E-state index contributed by atoms with van der Waals surface area (Å²) in [6.45, 7) is 3.66. The highest BCUT2D eigenvalue weighted by Gasteiger charge is 2.46. The van der Waals surface area contributed by atoms with E-state index in [-0.39, 0.29) is 17.9 Å². The summed E-state index contributed by atoms with van der Waals surface area (Å²) in [4.78, 5) is 12.1. The summed E-state index contributed by atoms with van der Waals surface area (Å²) in [7, 11) is 0. The zero-order chi connectivity index (χ0) is 15.3. The molecular formula is C18H17N3O. The van der Waals surface area contributed by atoms with E-state index in [4.69, 9.17) is 0 Å². The molecule has 0 fully saturated rings. The van der Waals surface area contributed by atoms with Crippen LogP contribution in [0.5, 0.6) is 0 Å². The molecule has 2 aliphatic heterocycles. The molecule has 22 heavy (non-hydrogen) atoms. The number of carbonyl (C=O) groups is 1. The standard InChI is InChI=1S/C18H17N3O/c1-11-7-3-6-10-15(11)21-18-16(17(20-21)12(2)22)13-8-4-5-9-14(13)19-18/h3-10,16,18-19H,1-2H3. The third-order valence-electron chi connectivity index (χ3n) is 4.41. The van der Waals surface area contributed by atoms with Gasteiger partial charge in [0.15, 0.2) is 5.78 Å². The first-order valence-electron chi connectivity index (χ1n) is 7.46. The molecule has 2 aliphatic rings. The lowest BCUT2D eigenvalue weighted by Gasteiger charge is -2.25. The van der Waals surface area contributed by atoms with E-state index >= 15 is 0 Å². The maximum Gasteiger partial charge on any atom is 0.176 e. The van der Waals surface area contributed by atoms with Crippen LogP contribution < -0.4 is 10.3 Å². The number of hydrogen-bond acceptors (Lipinski definition) is 4. The van der Waals surface area contributed by atoms with Crippen LogP contribution in [0.3, 0.4) is 0 Å². The fraction of sp³-hybridized carbons (Fsp3) is 0.222. The normalized spacial score (nSPS) is 21.9. The van der Waals surface area contributed by atoms with Gasteiger partial charge in [0.1, 0.15) is 11.9 Å². The summed E-state index contributed by atoms with van der Waals surface area (Å²) < 4.78 is 0. The highest BCUT2D eigenvalue weighted by molar-refractivity contribution is 6.42. The largest absolute Gasteiger partial charge is 0.363 e. The number of nitrogens with zero attached hydrogens (tertiary/aromatic N) is 2. The van der Waals surface area contributed by atoms with E-state index < -0.39 is 0 Å². The van der Waals surface area contributed by atoms with E-state index in [9.17, 15) is 4.79 Å². The van der Waals surface area contributed by atoms with Crippen molar-refractivity contribution in [1.29, 1.82) is 0 Å². The predicted octanol–water partition coefficient (Wildman–Crippen LogP) is 3.30. The van der Waals surface area contributed by atoms with Crippen molar-refractivity contribution in [2.45, 2.75) is 25.9 Å². The monoisotopic (exact) mass is 291 g/mol. The van der Waals surface area contributed by atoms with Crippen LogP contribution in [0.15, 0.2) is 53.6 Å². The average Bonchev–Trinajstić information content (AvgIpc) is 3.05. The van der Waals surface area contributed by atoms with E-state index in [0.29, 0.717) is 5.71 Å². The Hall–Kier alpha value is -2.62. The van der Waals surface area contributed by atoms with Gasteiger partial charge in [-0.25, -0.2) is 5.01 Å². The SMILES string of the molecule is CC(=O)C1=NN(c2ccccc2C)C2Nc3ccccc3C12. The minimum atomic E-state index is -0.0302. The van der Waals surface area contributed by atoms with Crippen LogP contribution in [0, 0.1) is 6.92 Å². The molecule has 0 radical (unpaired) electrons. The zero-order valence-electron chi connectivity index (χ0n) is 12.6. The molecule has 0 amide bonds. The summed E-state index contributed by atoms with van der Waals surface area (Å²) >= 11 is 0.